The van der Waals surface area contributed by atoms with Gasteiger partial charge in [0, 0.05) is 18.8 Å². The van der Waals surface area contributed by atoms with Gasteiger partial charge >= 0.3 is 0 Å². The molecular formula is C12H17F3N2O. The van der Waals surface area contributed by atoms with Crippen LogP contribution < -0.4 is 10.2 Å². The van der Waals surface area contributed by atoms with Gasteiger partial charge < -0.3 is 15.3 Å². The summed E-state index contributed by atoms with van der Waals surface area (Å²) in [6, 6.07) is 4.17. The van der Waals surface area contributed by atoms with Gasteiger partial charge in [0.1, 0.15) is 5.82 Å². The molecule has 0 aliphatic rings. The molecule has 102 valence electrons. The molecule has 0 fully saturated rings. The van der Waals surface area contributed by atoms with Crippen molar-refractivity contribution in [1.29, 1.82) is 0 Å². The highest BCUT2D eigenvalue weighted by Crippen LogP contribution is 2.19. The lowest BCUT2D eigenvalue weighted by atomic mass is 10.1. The number of aliphatic hydroxyl groups is 1. The molecule has 0 bridgehead atoms. The predicted octanol–water partition coefficient (Wildman–Crippen LogP) is 1.61. The maximum atomic E-state index is 13.4. The molecule has 0 spiro atoms. The Labute approximate surface area is 104 Å². The number of nitrogens with zero attached hydrogens (tertiary/aromatic N) is 1. The number of benzene rings is 1. The Balaban J connectivity index is 2.95. The smallest absolute Gasteiger partial charge is 0.255 e. The number of nitrogens with one attached hydrogen (secondary N) is 1. The van der Waals surface area contributed by atoms with Crippen LogP contribution in [-0.2, 0) is 6.54 Å². The standard InChI is InChI=1S/C12H17F3N2O/c1-16-7-9-4-10(13)6-11(5-9)17(2-3-18)8-12(14)15/h4-6,12,16,18H,2-3,7-8H2,1H3. The van der Waals surface area contributed by atoms with Crippen LogP contribution in [0.25, 0.3) is 0 Å². The number of alkyl halides is 2. The molecule has 18 heavy (non-hydrogen) atoms. The van der Waals surface area contributed by atoms with Gasteiger partial charge in [-0.15, -0.1) is 0 Å². The van der Waals surface area contributed by atoms with E-state index in [1.54, 1.807) is 13.1 Å². The average molecular weight is 262 g/mol. The van der Waals surface area contributed by atoms with E-state index in [4.69, 9.17) is 5.11 Å². The van der Waals surface area contributed by atoms with Gasteiger partial charge in [-0.25, -0.2) is 13.2 Å². The van der Waals surface area contributed by atoms with Crippen molar-refractivity contribution in [2.24, 2.45) is 0 Å². The number of rotatable bonds is 7. The molecule has 3 nitrogen and oxygen atoms in total. The van der Waals surface area contributed by atoms with E-state index < -0.39 is 18.8 Å². The Morgan fingerprint density at radius 2 is 2.06 bits per heavy atom. The molecule has 0 amide bonds. The van der Waals surface area contributed by atoms with Gasteiger partial charge in [-0.05, 0) is 30.8 Å². The molecular weight excluding hydrogens is 245 g/mol. The number of hydrogen-bond acceptors (Lipinski definition) is 3. The zero-order chi connectivity index (χ0) is 13.5. The second-order valence-corrected chi connectivity index (χ2v) is 3.91. The lowest BCUT2D eigenvalue weighted by Gasteiger charge is -2.24. The Morgan fingerprint density at radius 3 is 2.61 bits per heavy atom. The number of aliphatic hydroxyl groups excluding tert-OH is 1. The maximum Gasteiger partial charge on any atom is 0.255 e. The first-order chi connectivity index (χ1) is 8.56. The third-order valence-electron chi connectivity index (χ3n) is 2.42. The molecule has 0 aliphatic heterocycles. The molecule has 0 aromatic heterocycles. The predicted molar refractivity (Wildman–Crippen MR) is 64.5 cm³/mol. The summed E-state index contributed by atoms with van der Waals surface area (Å²) in [5.41, 5.74) is 1.03. The molecule has 1 rings (SSSR count). The fraction of sp³-hybridized carbons (Fsp3) is 0.500. The Kier molecular flexibility index (Phi) is 5.94. The van der Waals surface area contributed by atoms with Crippen molar-refractivity contribution in [1.82, 2.24) is 5.32 Å². The van der Waals surface area contributed by atoms with Crippen LogP contribution in [0.15, 0.2) is 18.2 Å². The molecule has 0 saturated carbocycles. The van der Waals surface area contributed by atoms with Gasteiger partial charge in [-0.3, -0.25) is 0 Å². The van der Waals surface area contributed by atoms with Crippen LogP contribution in [-0.4, -0.2) is 38.3 Å². The highest BCUT2D eigenvalue weighted by Gasteiger charge is 2.14. The summed E-state index contributed by atoms with van der Waals surface area (Å²) in [7, 11) is 1.72. The fourth-order valence-corrected chi connectivity index (χ4v) is 1.74. The molecule has 0 heterocycles. The molecule has 0 aliphatic carbocycles. The van der Waals surface area contributed by atoms with E-state index in [-0.39, 0.29) is 13.2 Å². The van der Waals surface area contributed by atoms with Crippen LogP contribution in [0.1, 0.15) is 5.56 Å². The van der Waals surface area contributed by atoms with Gasteiger partial charge in [0.15, 0.2) is 0 Å². The Bertz CT molecular complexity index is 374. The van der Waals surface area contributed by atoms with Crippen molar-refractivity contribution in [2.75, 3.05) is 31.6 Å². The summed E-state index contributed by atoms with van der Waals surface area (Å²) in [5.74, 6) is -0.477. The normalized spacial score (nSPS) is 11.0. The summed E-state index contributed by atoms with van der Waals surface area (Å²) >= 11 is 0. The van der Waals surface area contributed by atoms with Crippen LogP contribution in [0.3, 0.4) is 0 Å². The van der Waals surface area contributed by atoms with Gasteiger partial charge in [0.2, 0.25) is 0 Å². The molecule has 0 unspecified atom stereocenters. The van der Waals surface area contributed by atoms with E-state index in [0.29, 0.717) is 17.8 Å². The summed E-state index contributed by atoms with van der Waals surface area (Å²) < 4.78 is 38.2. The Morgan fingerprint density at radius 1 is 1.33 bits per heavy atom. The first kappa shape index (κ1) is 14.8. The van der Waals surface area contributed by atoms with Crippen LogP contribution in [0.4, 0.5) is 18.9 Å². The van der Waals surface area contributed by atoms with Crippen LogP contribution in [0.2, 0.25) is 0 Å². The lowest BCUT2D eigenvalue weighted by Crippen LogP contribution is -2.31. The highest BCUT2D eigenvalue weighted by molar-refractivity contribution is 5.49. The quantitative estimate of drug-likeness (QED) is 0.783. The van der Waals surface area contributed by atoms with Crippen LogP contribution in [0, 0.1) is 5.82 Å². The van der Waals surface area contributed by atoms with Gasteiger partial charge in [-0.1, -0.05) is 0 Å². The molecule has 6 heteroatoms. The minimum atomic E-state index is -2.53. The minimum absolute atomic E-state index is 0.0484. The third-order valence-corrected chi connectivity index (χ3v) is 2.42. The maximum absolute atomic E-state index is 13.4. The molecule has 0 saturated heterocycles. The summed E-state index contributed by atoms with van der Waals surface area (Å²) in [6.07, 6.45) is -2.53. The third kappa shape index (κ3) is 4.54. The van der Waals surface area contributed by atoms with Crippen molar-refractivity contribution < 1.29 is 18.3 Å². The first-order valence-electron chi connectivity index (χ1n) is 5.65. The van der Waals surface area contributed by atoms with Gasteiger partial charge in [0.25, 0.3) is 6.43 Å². The van der Waals surface area contributed by atoms with Crippen molar-refractivity contribution in [3.8, 4) is 0 Å². The number of halogens is 3. The van der Waals surface area contributed by atoms with Gasteiger partial charge in [0.05, 0.1) is 13.2 Å². The summed E-state index contributed by atoms with van der Waals surface area (Å²) in [6.45, 7) is -0.285. The minimum Gasteiger partial charge on any atom is -0.395 e. The monoisotopic (exact) mass is 262 g/mol. The van der Waals surface area contributed by atoms with Gasteiger partial charge in [-0.2, -0.15) is 0 Å². The zero-order valence-corrected chi connectivity index (χ0v) is 10.2. The molecule has 1 aromatic carbocycles. The molecule has 2 N–H and O–H groups in total. The van der Waals surface area contributed by atoms with Crippen LogP contribution in [0.5, 0.6) is 0 Å². The first-order valence-corrected chi connectivity index (χ1v) is 5.65. The van der Waals surface area contributed by atoms with E-state index in [2.05, 4.69) is 5.32 Å². The molecule has 0 radical (unpaired) electrons. The van der Waals surface area contributed by atoms with E-state index in [0.717, 1.165) is 0 Å². The lowest BCUT2D eigenvalue weighted by molar-refractivity contribution is 0.153. The second kappa shape index (κ2) is 7.23. The summed E-state index contributed by atoms with van der Waals surface area (Å²) in [5, 5.41) is 11.7. The van der Waals surface area contributed by atoms with Crippen molar-refractivity contribution in [3.63, 3.8) is 0 Å². The molecule has 1 aromatic rings. The second-order valence-electron chi connectivity index (χ2n) is 3.91. The zero-order valence-electron chi connectivity index (χ0n) is 10.2. The average Bonchev–Trinajstić information content (AvgIpc) is 2.27. The van der Waals surface area contributed by atoms with E-state index in [1.807, 2.05) is 0 Å². The Hall–Kier alpha value is -1.27. The highest BCUT2D eigenvalue weighted by atomic mass is 19.3. The van der Waals surface area contributed by atoms with E-state index in [9.17, 15) is 13.2 Å². The van der Waals surface area contributed by atoms with Crippen molar-refractivity contribution in [3.05, 3.63) is 29.6 Å². The summed E-state index contributed by atoms with van der Waals surface area (Å²) in [4.78, 5) is 1.27. The molecule has 0 atom stereocenters. The fourth-order valence-electron chi connectivity index (χ4n) is 1.74. The van der Waals surface area contributed by atoms with Crippen LogP contribution >= 0.6 is 0 Å². The SMILES string of the molecule is CNCc1cc(F)cc(N(CCO)CC(F)F)c1. The topological polar surface area (TPSA) is 35.5 Å². The van der Waals surface area contributed by atoms with E-state index in [1.165, 1.54) is 17.0 Å². The number of anilines is 1. The van der Waals surface area contributed by atoms with E-state index >= 15 is 0 Å². The van der Waals surface area contributed by atoms with Crippen molar-refractivity contribution >= 4 is 5.69 Å². The largest absolute Gasteiger partial charge is 0.395 e. The van der Waals surface area contributed by atoms with Crippen molar-refractivity contribution in [2.45, 2.75) is 13.0 Å². The number of hydrogen-bond donors (Lipinski definition) is 2.